The third-order valence-electron chi connectivity index (χ3n) is 3.56. The van der Waals surface area contributed by atoms with Gasteiger partial charge in [-0.3, -0.25) is 4.79 Å². The molecule has 0 saturated heterocycles. The van der Waals surface area contributed by atoms with Crippen LogP contribution in [0.2, 0.25) is 0 Å². The van der Waals surface area contributed by atoms with Crippen molar-refractivity contribution >= 4 is 5.91 Å². The van der Waals surface area contributed by atoms with E-state index in [1.54, 1.807) is 11.2 Å². The molecule has 0 fully saturated rings. The summed E-state index contributed by atoms with van der Waals surface area (Å²) in [5.41, 5.74) is 7.20. The fourth-order valence-electron chi connectivity index (χ4n) is 2.27. The summed E-state index contributed by atoms with van der Waals surface area (Å²) in [7, 11) is 0. The molecule has 0 aliphatic carbocycles. The Morgan fingerprint density at radius 1 is 1.24 bits per heavy atom. The number of hydrogen-bond acceptors (Lipinski definition) is 3. The Morgan fingerprint density at radius 3 is 2.62 bits per heavy atom. The largest absolute Gasteiger partial charge is 0.467 e. The summed E-state index contributed by atoms with van der Waals surface area (Å²) >= 11 is 0. The van der Waals surface area contributed by atoms with Crippen molar-refractivity contribution in [2.24, 2.45) is 5.73 Å². The molecule has 21 heavy (non-hydrogen) atoms. The van der Waals surface area contributed by atoms with Crippen molar-refractivity contribution in [1.82, 2.24) is 4.90 Å². The van der Waals surface area contributed by atoms with Gasteiger partial charge in [-0.05, 0) is 31.0 Å². The molecule has 112 valence electrons. The molecule has 1 aromatic carbocycles. The summed E-state index contributed by atoms with van der Waals surface area (Å²) in [5.74, 6) is 0.915. The second-order valence-electron chi connectivity index (χ2n) is 5.04. The van der Waals surface area contributed by atoms with Crippen molar-refractivity contribution in [2.75, 3.05) is 6.54 Å². The van der Waals surface area contributed by atoms with Crippen LogP contribution in [0.25, 0.3) is 0 Å². The SMILES string of the molecule is CCN(Cc1ccco1)C(=O)CCC(N)c1ccccc1. The van der Waals surface area contributed by atoms with Crippen LogP contribution in [0.15, 0.2) is 53.1 Å². The van der Waals surface area contributed by atoms with Gasteiger partial charge in [-0.1, -0.05) is 30.3 Å². The van der Waals surface area contributed by atoms with Gasteiger partial charge in [0.1, 0.15) is 5.76 Å². The fraction of sp³-hybridized carbons (Fsp3) is 0.353. The van der Waals surface area contributed by atoms with E-state index >= 15 is 0 Å². The van der Waals surface area contributed by atoms with Gasteiger partial charge in [-0.25, -0.2) is 0 Å². The molecule has 2 aromatic rings. The lowest BCUT2D eigenvalue weighted by atomic mass is 10.0. The molecule has 1 amide bonds. The first kappa shape index (κ1) is 15.3. The first-order valence-corrected chi connectivity index (χ1v) is 7.31. The molecule has 1 heterocycles. The van der Waals surface area contributed by atoms with Crippen LogP contribution >= 0.6 is 0 Å². The number of rotatable bonds is 7. The van der Waals surface area contributed by atoms with E-state index in [2.05, 4.69) is 0 Å². The zero-order valence-corrected chi connectivity index (χ0v) is 12.4. The number of nitrogens with zero attached hydrogens (tertiary/aromatic N) is 1. The zero-order chi connectivity index (χ0) is 15.1. The smallest absolute Gasteiger partial charge is 0.223 e. The highest BCUT2D eigenvalue weighted by Gasteiger charge is 2.15. The second-order valence-corrected chi connectivity index (χ2v) is 5.04. The molecule has 2 N–H and O–H groups in total. The van der Waals surface area contributed by atoms with Gasteiger partial charge in [0.25, 0.3) is 0 Å². The maximum Gasteiger partial charge on any atom is 0.223 e. The van der Waals surface area contributed by atoms with Crippen molar-refractivity contribution < 1.29 is 9.21 Å². The maximum absolute atomic E-state index is 12.3. The Balaban J connectivity index is 1.85. The summed E-state index contributed by atoms with van der Waals surface area (Å²) < 4.78 is 5.29. The molecular formula is C17H22N2O2. The Morgan fingerprint density at radius 2 is 2.00 bits per heavy atom. The van der Waals surface area contributed by atoms with Crippen LogP contribution in [0.3, 0.4) is 0 Å². The summed E-state index contributed by atoms with van der Waals surface area (Å²) in [4.78, 5) is 14.1. The number of furan rings is 1. The maximum atomic E-state index is 12.3. The van der Waals surface area contributed by atoms with E-state index in [4.69, 9.17) is 10.2 Å². The highest BCUT2D eigenvalue weighted by Crippen LogP contribution is 2.16. The lowest BCUT2D eigenvalue weighted by Gasteiger charge is -2.20. The summed E-state index contributed by atoms with van der Waals surface area (Å²) in [6.07, 6.45) is 2.72. The van der Waals surface area contributed by atoms with Crippen LogP contribution in [-0.2, 0) is 11.3 Å². The summed E-state index contributed by atoms with van der Waals surface area (Å²) in [6.45, 7) is 3.15. The number of carbonyl (C=O) groups excluding carboxylic acids is 1. The molecule has 1 aromatic heterocycles. The normalized spacial score (nSPS) is 12.1. The van der Waals surface area contributed by atoms with Crippen LogP contribution in [0.5, 0.6) is 0 Å². The molecule has 0 aliphatic heterocycles. The fourth-order valence-corrected chi connectivity index (χ4v) is 2.27. The van der Waals surface area contributed by atoms with Gasteiger partial charge in [0, 0.05) is 19.0 Å². The van der Waals surface area contributed by atoms with E-state index in [0.29, 0.717) is 25.9 Å². The standard InChI is InChI=1S/C17H22N2O2/c1-2-19(13-15-9-6-12-21-15)17(20)11-10-16(18)14-7-4-3-5-8-14/h3-9,12,16H,2,10-11,13,18H2,1H3. The van der Waals surface area contributed by atoms with Crippen molar-refractivity contribution in [3.05, 3.63) is 60.1 Å². The molecule has 1 unspecified atom stereocenters. The van der Waals surface area contributed by atoms with Crippen LogP contribution < -0.4 is 5.73 Å². The Bertz CT molecular complexity index is 537. The molecule has 1 atom stereocenters. The monoisotopic (exact) mass is 286 g/mol. The van der Waals surface area contributed by atoms with E-state index in [1.165, 1.54) is 0 Å². The Kier molecular flexibility index (Phi) is 5.58. The van der Waals surface area contributed by atoms with Gasteiger partial charge in [-0.15, -0.1) is 0 Å². The molecule has 2 rings (SSSR count). The van der Waals surface area contributed by atoms with Crippen LogP contribution in [-0.4, -0.2) is 17.4 Å². The predicted octanol–water partition coefficient (Wildman–Crippen LogP) is 3.11. The van der Waals surface area contributed by atoms with E-state index in [9.17, 15) is 4.79 Å². The summed E-state index contributed by atoms with van der Waals surface area (Å²) in [5, 5.41) is 0. The molecule has 4 heteroatoms. The van der Waals surface area contributed by atoms with Crippen LogP contribution in [0.4, 0.5) is 0 Å². The number of nitrogens with two attached hydrogens (primary N) is 1. The first-order chi connectivity index (χ1) is 10.2. The molecule has 0 aliphatic rings. The minimum Gasteiger partial charge on any atom is -0.467 e. The van der Waals surface area contributed by atoms with Crippen LogP contribution in [0.1, 0.15) is 37.1 Å². The number of amides is 1. The number of hydrogen-bond donors (Lipinski definition) is 1. The third kappa shape index (κ3) is 4.46. The van der Waals surface area contributed by atoms with E-state index in [1.807, 2.05) is 49.4 Å². The number of benzene rings is 1. The zero-order valence-electron chi connectivity index (χ0n) is 12.4. The topological polar surface area (TPSA) is 59.5 Å². The van der Waals surface area contributed by atoms with Crippen LogP contribution in [0, 0.1) is 0 Å². The second kappa shape index (κ2) is 7.64. The third-order valence-corrected chi connectivity index (χ3v) is 3.56. The Labute approximate surface area is 125 Å². The van der Waals surface area contributed by atoms with Gasteiger partial charge < -0.3 is 15.1 Å². The Hall–Kier alpha value is -2.07. The van der Waals surface area contributed by atoms with Crippen molar-refractivity contribution in [2.45, 2.75) is 32.4 Å². The van der Waals surface area contributed by atoms with Gasteiger partial charge in [0.15, 0.2) is 0 Å². The molecular weight excluding hydrogens is 264 g/mol. The average Bonchev–Trinajstić information content (AvgIpc) is 3.03. The predicted molar refractivity (Wildman–Crippen MR) is 82.4 cm³/mol. The molecule has 0 spiro atoms. The van der Waals surface area contributed by atoms with Crippen molar-refractivity contribution in [3.8, 4) is 0 Å². The first-order valence-electron chi connectivity index (χ1n) is 7.31. The molecule has 0 radical (unpaired) electrons. The minimum absolute atomic E-state index is 0.0996. The molecule has 4 nitrogen and oxygen atoms in total. The van der Waals surface area contributed by atoms with Gasteiger partial charge in [0.2, 0.25) is 5.91 Å². The molecule has 0 bridgehead atoms. The highest BCUT2D eigenvalue weighted by atomic mass is 16.3. The minimum atomic E-state index is -0.0996. The average molecular weight is 286 g/mol. The lowest BCUT2D eigenvalue weighted by molar-refractivity contribution is -0.132. The lowest BCUT2D eigenvalue weighted by Crippen LogP contribution is -2.30. The van der Waals surface area contributed by atoms with E-state index in [0.717, 1.165) is 11.3 Å². The van der Waals surface area contributed by atoms with Gasteiger partial charge in [0.05, 0.1) is 12.8 Å². The number of carbonyl (C=O) groups is 1. The summed E-state index contributed by atoms with van der Waals surface area (Å²) in [6, 6.07) is 13.5. The quantitative estimate of drug-likeness (QED) is 0.850. The van der Waals surface area contributed by atoms with E-state index in [-0.39, 0.29) is 11.9 Å². The van der Waals surface area contributed by atoms with Crippen molar-refractivity contribution in [3.63, 3.8) is 0 Å². The van der Waals surface area contributed by atoms with Gasteiger partial charge in [-0.2, -0.15) is 0 Å². The molecule has 0 saturated carbocycles. The van der Waals surface area contributed by atoms with E-state index < -0.39 is 0 Å². The van der Waals surface area contributed by atoms with Gasteiger partial charge >= 0.3 is 0 Å². The van der Waals surface area contributed by atoms with Crippen molar-refractivity contribution in [1.29, 1.82) is 0 Å². The highest BCUT2D eigenvalue weighted by molar-refractivity contribution is 5.76.